The van der Waals surface area contributed by atoms with Gasteiger partial charge in [0.1, 0.15) is 11.5 Å². The maximum atomic E-state index is 6.59. The molecule has 1 aliphatic rings. The van der Waals surface area contributed by atoms with Crippen LogP contribution in [0.25, 0.3) is 11.3 Å². The van der Waals surface area contributed by atoms with Crippen LogP contribution in [0.1, 0.15) is 48.9 Å². The molecule has 2 atom stereocenters. The van der Waals surface area contributed by atoms with E-state index in [1.807, 2.05) is 19.1 Å². The number of nitrogens with zero attached hydrogens (tertiary/aromatic N) is 2. The lowest BCUT2D eigenvalue weighted by Crippen LogP contribution is -2.16. The summed E-state index contributed by atoms with van der Waals surface area (Å²) in [5, 5.41) is 0.751. The zero-order valence-corrected chi connectivity index (χ0v) is 15.3. The van der Waals surface area contributed by atoms with Crippen LogP contribution in [0.5, 0.6) is 0 Å². The molecule has 2 N–H and O–H groups in total. The lowest BCUT2D eigenvalue weighted by Gasteiger charge is -2.17. The highest BCUT2D eigenvalue weighted by Crippen LogP contribution is 2.41. The van der Waals surface area contributed by atoms with E-state index in [1.165, 1.54) is 24.8 Å². The minimum atomic E-state index is 0.446. The van der Waals surface area contributed by atoms with Crippen molar-refractivity contribution in [3.63, 3.8) is 0 Å². The van der Waals surface area contributed by atoms with Crippen LogP contribution in [-0.2, 0) is 0 Å². The van der Waals surface area contributed by atoms with Gasteiger partial charge in [0.15, 0.2) is 0 Å². The third-order valence-electron chi connectivity index (χ3n) is 5.14. The van der Waals surface area contributed by atoms with Crippen LogP contribution in [-0.4, -0.2) is 17.9 Å². The standard InChI is InChI=1S/C20H24ClN3/c1-12-5-4-6-15(12)14-8-9-16(17(21)11-14)18-10-7-13(2)19(24-18)20(22)23-3/h7-12,15H,4-6H2,1-3H3,(H2,22,23). The average Bonchev–Trinajstić information content (AvgIpc) is 3.01. The smallest absolute Gasteiger partial charge is 0.144 e. The van der Waals surface area contributed by atoms with Gasteiger partial charge in [0, 0.05) is 12.6 Å². The minimum Gasteiger partial charge on any atom is -0.382 e. The fourth-order valence-corrected chi connectivity index (χ4v) is 3.94. The van der Waals surface area contributed by atoms with Crippen molar-refractivity contribution in [2.45, 2.75) is 39.0 Å². The fourth-order valence-electron chi connectivity index (χ4n) is 3.65. The first-order valence-corrected chi connectivity index (χ1v) is 8.89. The molecule has 126 valence electrons. The fraction of sp³-hybridized carbons (Fsp3) is 0.400. The van der Waals surface area contributed by atoms with E-state index in [-0.39, 0.29) is 0 Å². The normalized spacial score (nSPS) is 21.2. The maximum absolute atomic E-state index is 6.59. The van der Waals surface area contributed by atoms with Crippen molar-refractivity contribution < 1.29 is 0 Å². The summed E-state index contributed by atoms with van der Waals surface area (Å²) in [6, 6.07) is 10.4. The molecular formula is C20H24ClN3. The van der Waals surface area contributed by atoms with E-state index in [9.17, 15) is 0 Å². The highest BCUT2D eigenvalue weighted by atomic mass is 35.5. The largest absolute Gasteiger partial charge is 0.382 e. The Morgan fingerprint density at radius 2 is 2.04 bits per heavy atom. The molecule has 0 amide bonds. The molecule has 1 aliphatic carbocycles. The first-order chi connectivity index (χ1) is 11.5. The van der Waals surface area contributed by atoms with Gasteiger partial charge in [-0.25, -0.2) is 4.98 Å². The van der Waals surface area contributed by atoms with Crippen molar-refractivity contribution in [1.82, 2.24) is 4.98 Å². The molecule has 0 bridgehead atoms. The number of hydrogen-bond acceptors (Lipinski definition) is 2. The number of rotatable bonds is 3. The molecule has 3 rings (SSSR count). The number of benzene rings is 1. The molecule has 1 aromatic carbocycles. The van der Waals surface area contributed by atoms with E-state index in [4.69, 9.17) is 17.3 Å². The molecule has 1 aromatic heterocycles. The number of aryl methyl sites for hydroxylation is 1. The first kappa shape index (κ1) is 17.0. The lowest BCUT2D eigenvalue weighted by atomic mass is 9.89. The molecule has 2 aromatic rings. The summed E-state index contributed by atoms with van der Waals surface area (Å²) in [5.41, 5.74) is 10.8. The van der Waals surface area contributed by atoms with Gasteiger partial charge in [0.2, 0.25) is 0 Å². The second kappa shape index (κ2) is 6.94. The third kappa shape index (κ3) is 3.18. The quantitative estimate of drug-likeness (QED) is 0.634. The van der Waals surface area contributed by atoms with Crippen LogP contribution < -0.4 is 5.73 Å². The van der Waals surface area contributed by atoms with E-state index in [2.05, 4.69) is 35.1 Å². The number of halogens is 1. The van der Waals surface area contributed by atoms with Gasteiger partial charge in [0.05, 0.1) is 10.7 Å². The van der Waals surface area contributed by atoms with Gasteiger partial charge in [-0.1, -0.05) is 49.6 Å². The SMILES string of the molecule is CN=C(N)c1nc(-c2ccc(C3CCCC3C)cc2Cl)ccc1C. The summed E-state index contributed by atoms with van der Waals surface area (Å²) in [6.07, 6.45) is 3.87. The zero-order chi connectivity index (χ0) is 17.3. The number of hydrogen-bond donors (Lipinski definition) is 1. The Labute approximate surface area is 149 Å². The molecule has 0 saturated heterocycles. The van der Waals surface area contributed by atoms with Crippen molar-refractivity contribution in [3.8, 4) is 11.3 Å². The van der Waals surface area contributed by atoms with Gasteiger partial charge in [-0.3, -0.25) is 4.99 Å². The molecule has 1 heterocycles. The van der Waals surface area contributed by atoms with Crippen molar-refractivity contribution >= 4 is 17.4 Å². The van der Waals surface area contributed by atoms with Gasteiger partial charge < -0.3 is 5.73 Å². The van der Waals surface area contributed by atoms with Crippen molar-refractivity contribution in [3.05, 3.63) is 52.2 Å². The number of aliphatic imine (C=N–C) groups is 1. The maximum Gasteiger partial charge on any atom is 0.144 e. The zero-order valence-electron chi connectivity index (χ0n) is 14.5. The summed E-state index contributed by atoms with van der Waals surface area (Å²) in [4.78, 5) is 8.73. The molecular weight excluding hydrogens is 318 g/mol. The molecule has 1 fully saturated rings. The third-order valence-corrected chi connectivity index (χ3v) is 5.45. The van der Waals surface area contributed by atoms with E-state index < -0.39 is 0 Å². The van der Waals surface area contributed by atoms with Crippen LogP contribution in [0.2, 0.25) is 5.02 Å². The van der Waals surface area contributed by atoms with Gasteiger partial charge in [-0.15, -0.1) is 0 Å². The number of amidine groups is 1. The second-order valence-electron chi connectivity index (χ2n) is 6.72. The predicted octanol–water partition coefficient (Wildman–Crippen LogP) is 4.95. The Morgan fingerprint density at radius 3 is 2.67 bits per heavy atom. The summed E-state index contributed by atoms with van der Waals surface area (Å²) in [7, 11) is 1.67. The molecule has 0 radical (unpaired) electrons. The predicted molar refractivity (Wildman–Crippen MR) is 102 cm³/mol. The molecule has 2 unspecified atom stereocenters. The van der Waals surface area contributed by atoms with Crippen LogP contribution in [0, 0.1) is 12.8 Å². The van der Waals surface area contributed by atoms with Crippen molar-refractivity contribution in [1.29, 1.82) is 0 Å². The monoisotopic (exact) mass is 341 g/mol. The lowest BCUT2D eigenvalue weighted by molar-refractivity contribution is 0.533. The van der Waals surface area contributed by atoms with Crippen LogP contribution in [0.3, 0.4) is 0 Å². The summed E-state index contributed by atoms with van der Waals surface area (Å²) >= 11 is 6.59. The van der Waals surface area contributed by atoms with E-state index >= 15 is 0 Å². The number of pyridine rings is 1. The highest BCUT2D eigenvalue weighted by molar-refractivity contribution is 6.33. The molecule has 0 spiro atoms. The Balaban J connectivity index is 1.98. The van der Waals surface area contributed by atoms with E-state index in [1.54, 1.807) is 7.05 Å². The summed E-state index contributed by atoms with van der Waals surface area (Å²) in [5.74, 6) is 1.81. The molecule has 4 heteroatoms. The summed E-state index contributed by atoms with van der Waals surface area (Å²) in [6.45, 7) is 4.32. The molecule has 3 nitrogen and oxygen atoms in total. The Kier molecular flexibility index (Phi) is 4.91. The van der Waals surface area contributed by atoms with E-state index in [0.717, 1.165) is 33.5 Å². The number of nitrogens with two attached hydrogens (primary N) is 1. The topological polar surface area (TPSA) is 51.3 Å². The Hall–Kier alpha value is -1.87. The highest BCUT2D eigenvalue weighted by Gasteiger charge is 2.25. The summed E-state index contributed by atoms with van der Waals surface area (Å²) < 4.78 is 0. The molecule has 0 aliphatic heterocycles. The minimum absolute atomic E-state index is 0.446. The van der Waals surface area contributed by atoms with Crippen molar-refractivity contribution in [2.75, 3.05) is 7.05 Å². The van der Waals surface area contributed by atoms with Crippen LogP contribution >= 0.6 is 11.6 Å². The Morgan fingerprint density at radius 1 is 1.25 bits per heavy atom. The Bertz CT molecular complexity index is 782. The van der Waals surface area contributed by atoms with Gasteiger partial charge in [-0.05, 0) is 48.4 Å². The number of aromatic nitrogens is 1. The van der Waals surface area contributed by atoms with Crippen LogP contribution in [0.4, 0.5) is 0 Å². The van der Waals surface area contributed by atoms with E-state index in [0.29, 0.717) is 11.8 Å². The average molecular weight is 342 g/mol. The second-order valence-corrected chi connectivity index (χ2v) is 7.13. The van der Waals surface area contributed by atoms with Gasteiger partial charge >= 0.3 is 0 Å². The van der Waals surface area contributed by atoms with Crippen LogP contribution in [0.15, 0.2) is 35.3 Å². The van der Waals surface area contributed by atoms with Gasteiger partial charge in [-0.2, -0.15) is 0 Å². The van der Waals surface area contributed by atoms with Crippen molar-refractivity contribution in [2.24, 2.45) is 16.6 Å². The molecule has 24 heavy (non-hydrogen) atoms. The van der Waals surface area contributed by atoms with Gasteiger partial charge in [0.25, 0.3) is 0 Å². The first-order valence-electron chi connectivity index (χ1n) is 8.51. The molecule has 1 saturated carbocycles.